The van der Waals surface area contributed by atoms with Crippen LogP contribution in [0.25, 0.3) is 0 Å². The molecule has 0 aliphatic rings. The molecular formula is C7H10N4O. The molecule has 4 N–H and O–H groups in total. The Labute approximate surface area is 69.8 Å². The summed E-state index contributed by atoms with van der Waals surface area (Å²) in [5.41, 5.74) is 11.0. The summed E-state index contributed by atoms with van der Waals surface area (Å²) in [6, 6.07) is 0. The van der Waals surface area contributed by atoms with Crippen molar-refractivity contribution in [1.29, 1.82) is 0 Å². The fourth-order valence-corrected chi connectivity index (χ4v) is 0.815. The van der Waals surface area contributed by atoms with E-state index in [-0.39, 0.29) is 17.5 Å². The molecule has 0 aliphatic carbocycles. The van der Waals surface area contributed by atoms with Gasteiger partial charge in [-0.25, -0.2) is 4.98 Å². The van der Waals surface area contributed by atoms with E-state index in [9.17, 15) is 4.79 Å². The molecule has 1 heterocycles. The molecule has 12 heavy (non-hydrogen) atoms. The van der Waals surface area contributed by atoms with Crippen LogP contribution in [0.5, 0.6) is 0 Å². The lowest BCUT2D eigenvalue weighted by atomic mass is 10.1. The number of aromatic nitrogens is 2. The van der Waals surface area contributed by atoms with Crippen molar-refractivity contribution in [2.75, 3.05) is 11.5 Å². The fourth-order valence-electron chi connectivity index (χ4n) is 0.815. The van der Waals surface area contributed by atoms with Crippen molar-refractivity contribution < 1.29 is 4.79 Å². The van der Waals surface area contributed by atoms with Gasteiger partial charge in [-0.05, 0) is 0 Å². The Bertz CT molecular complexity index is 310. The van der Waals surface area contributed by atoms with E-state index in [4.69, 9.17) is 11.5 Å². The van der Waals surface area contributed by atoms with Gasteiger partial charge in [0.25, 0.3) is 0 Å². The molecule has 0 atom stereocenters. The summed E-state index contributed by atoms with van der Waals surface area (Å²) in [4.78, 5) is 18.5. The van der Waals surface area contributed by atoms with Gasteiger partial charge in [-0.1, -0.05) is 6.92 Å². The van der Waals surface area contributed by atoms with E-state index >= 15 is 0 Å². The first kappa shape index (κ1) is 8.45. The number of hydrogen-bond donors (Lipinski definition) is 2. The van der Waals surface area contributed by atoms with Crippen LogP contribution in [0.1, 0.15) is 23.7 Å². The Morgan fingerprint density at radius 2 is 2.25 bits per heavy atom. The topological polar surface area (TPSA) is 94.9 Å². The second kappa shape index (κ2) is 3.17. The quantitative estimate of drug-likeness (QED) is 0.613. The maximum absolute atomic E-state index is 11.1. The minimum atomic E-state index is -0.0764. The maximum atomic E-state index is 11.1. The summed E-state index contributed by atoms with van der Waals surface area (Å²) < 4.78 is 0. The lowest BCUT2D eigenvalue weighted by Crippen LogP contribution is -2.07. The molecule has 0 amide bonds. The van der Waals surface area contributed by atoms with Crippen LogP contribution in [0, 0.1) is 0 Å². The molecule has 0 aromatic carbocycles. The van der Waals surface area contributed by atoms with Gasteiger partial charge in [0.1, 0.15) is 5.82 Å². The highest BCUT2D eigenvalue weighted by Crippen LogP contribution is 2.10. The lowest BCUT2D eigenvalue weighted by molar-refractivity contribution is 0.0988. The van der Waals surface area contributed by atoms with Gasteiger partial charge in [-0.2, -0.15) is 4.98 Å². The Balaban J connectivity index is 3.09. The van der Waals surface area contributed by atoms with Crippen LogP contribution in [-0.4, -0.2) is 15.8 Å². The highest BCUT2D eigenvalue weighted by Gasteiger charge is 2.08. The Morgan fingerprint density at radius 1 is 1.58 bits per heavy atom. The monoisotopic (exact) mass is 166 g/mol. The van der Waals surface area contributed by atoms with E-state index in [1.54, 1.807) is 6.92 Å². The van der Waals surface area contributed by atoms with Crippen molar-refractivity contribution in [2.24, 2.45) is 0 Å². The average Bonchev–Trinajstić information content (AvgIpc) is 2.03. The third kappa shape index (κ3) is 1.50. The van der Waals surface area contributed by atoms with Crippen molar-refractivity contribution >= 4 is 17.5 Å². The molecule has 0 aliphatic heterocycles. The van der Waals surface area contributed by atoms with Gasteiger partial charge in [0, 0.05) is 12.6 Å². The van der Waals surface area contributed by atoms with Gasteiger partial charge in [0.15, 0.2) is 5.78 Å². The van der Waals surface area contributed by atoms with Crippen molar-refractivity contribution in [2.45, 2.75) is 13.3 Å². The second-order valence-corrected chi connectivity index (χ2v) is 2.30. The lowest BCUT2D eigenvalue weighted by Gasteiger charge is -2.00. The number of hydrogen-bond acceptors (Lipinski definition) is 5. The zero-order valence-corrected chi connectivity index (χ0v) is 6.74. The van der Waals surface area contributed by atoms with Crippen LogP contribution in [0.3, 0.4) is 0 Å². The Hall–Kier alpha value is -1.65. The van der Waals surface area contributed by atoms with Gasteiger partial charge in [-0.3, -0.25) is 4.79 Å². The van der Waals surface area contributed by atoms with E-state index in [1.807, 2.05) is 0 Å². The standard InChI is InChI=1S/C7H10N4O/c1-2-5(12)4-3-10-7(9)11-6(4)8/h3H,2H2,1H3,(H4,8,9,10,11). The van der Waals surface area contributed by atoms with Crippen LogP contribution < -0.4 is 11.5 Å². The summed E-state index contributed by atoms with van der Waals surface area (Å²) in [7, 11) is 0. The highest BCUT2D eigenvalue weighted by atomic mass is 16.1. The van der Waals surface area contributed by atoms with Gasteiger partial charge in [0.05, 0.1) is 5.56 Å². The number of nitrogen functional groups attached to an aromatic ring is 2. The Morgan fingerprint density at radius 3 is 2.75 bits per heavy atom. The molecular weight excluding hydrogens is 156 g/mol. The number of ketones is 1. The Kier molecular flexibility index (Phi) is 2.23. The largest absolute Gasteiger partial charge is 0.383 e. The molecule has 1 aromatic rings. The highest BCUT2D eigenvalue weighted by molar-refractivity contribution is 5.99. The zero-order chi connectivity index (χ0) is 9.14. The first-order valence-electron chi connectivity index (χ1n) is 3.56. The third-order valence-corrected chi connectivity index (χ3v) is 1.46. The summed E-state index contributed by atoms with van der Waals surface area (Å²) in [6.45, 7) is 1.75. The summed E-state index contributed by atoms with van der Waals surface area (Å²) in [5.74, 6) is 0.155. The fraction of sp³-hybridized carbons (Fsp3) is 0.286. The molecule has 0 unspecified atom stereocenters. The number of anilines is 2. The van der Waals surface area contributed by atoms with Gasteiger partial charge in [0.2, 0.25) is 5.95 Å². The summed E-state index contributed by atoms with van der Waals surface area (Å²) >= 11 is 0. The molecule has 1 aromatic heterocycles. The minimum absolute atomic E-state index is 0.0764. The SMILES string of the molecule is CCC(=O)c1cnc(N)nc1N. The van der Waals surface area contributed by atoms with Gasteiger partial charge < -0.3 is 11.5 Å². The van der Waals surface area contributed by atoms with Crippen molar-refractivity contribution in [1.82, 2.24) is 9.97 Å². The van der Waals surface area contributed by atoms with E-state index in [1.165, 1.54) is 6.20 Å². The van der Waals surface area contributed by atoms with E-state index in [0.29, 0.717) is 12.0 Å². The minimum Gasteiger partial charge on any atom is -0.383 e. The predicted molar refractivity (Wildman–Crippen MR) is 45.5 cm³/mol. The van der Waals surface area contributed by atoms with Crippen LogP contribution >= 0.6 is 0 Å². The first-order valence-corrected chi connectivity index (χ1v) is 3.56. The van der Waals surface area contributed by atoms with Crippen molar-refractivity contribution in [3.8, 4) is 0 Å². The molecule has 0 saturated carbocycles. The number of nitrogens with zero attached hydrogens (tertiary/aromatic N) is 2. The number of Topliss-reactive ketones (excluding diaryl/α,β-unsaturated/α-hetero) is 1. The van der Waals surface area contributed by atoms with E-state index in [0.717, 1.165) is 0 Å². The average molecular weight is 166 g/mol. The number of carbonyl (C=O) groups is 1. The third-order valence-electron chi connectivity index (χ3n) is 1.46. The number of rotatable bonds is 2. The summed E-state index contributed by atoms with van der Waals surface area (Å²) in [6.07, 6.45) is 1.74. The first-order chi connectivity index (χ1) is 5.65. The van der Waals surface area contributed by atoms with Crippen LogP contribution in [0.2, 0.25) is 0 Å². The smallest absolute Gasteiger partial charge is 0.221 e. The molecule has 1 rings (SSSR count). The zero-order valence-electron chi connectivity index (χ0n) is 6.74. The predicted octanol–water partition coefficient (Wildman–Crippen LogP) is 0.234. The van der Waals surface area contributed by atoms with E-state index < -0.39 is 0 Å². The van der Waals surface area contributed by atoms with Gasteiger partial charge in [-0.15, -0.1) is 0 Å². The van der Waals surface area contributed by atoms with Crippen molar-refractivity contribution in [3.05, 3.63) is 11.8 Å². The normalized spacial score (nSPS) is 9.75. The van der Waals surface area contributed by atoms with Crippen LogP contribution in [0.4, 0.5) is 11.8 Å². The van der Waals surface area contributed by atoms with Crippen LogP contribution in [-0.2, 0) is 0 Å². The molecule has 5 nitrogen and oxygen atoms in total. The molecule has 0 saturated heterocycles. The molecule has 0 radical (unpaired) electrons. The summed E-state index contributed by atoms with van der Waals surface area (Å²) in [5, 5.41) is 0. The molecule has 0 bridgehead atoms. The van der Waals surface area contributed by atoms with Crippen LogP contribution in [0.15, 0.2) is 6.20 Å². The van der Waals surface area contributed by atoms with Gasteiger partial charge >= 0.3 is 0 Å². The van der Waals surface area contributed by atoms with Crippen molar-refractivity contribution in [3.63, 3.8) is 0 Å². The van der Waals surface area contributed by atoms with E-state index in [2.05, 4.69) is 9.97 Å². The second-order valence-electron chi connectivity index (χ2n) is 2.30. The number of nitrogens with two attached hydrogens (primary N) is 2. The molecule has 0 fully saturated rings. The number of carbonyl (C=O) groups excluding carboxylic acids is 1. The maximum Gasteiger partial charge on any atom is 0.221 e. The molecule has 64 valence electrons. The molecule has 5 heteroatoms. The molecule has 0 spiro atoms.